The van der Waals surface area contributed by atoms with Crippen LogP contribution in [0.15, 0.2) is 18.2 Å². The minimum atomic E-state index is -0.601. The molecule has 0 bridgehead atoms. The number of piperidine rings is 2. The molecule has 9 heteroatoms. The summed E-state index contributed by atoms with van der Waals surface area (Å²) in [6.45, 7) is 3.64. The lowest BCUT2D eigenvalue weighted by atomic mass is 10.0. The second-order valence-corrected chi connectivity index (χ2v) is 10.0. The second kappa shape index (κ2) is 8.62. The molecule has 1 aliphatic carbocycles. The lowest BCUT2D eigenvalue weighted by molar-refractivity contribution is -0.189. The molecule has 1 aromatic rings. The van der Waals surface area contributed by atoms with Crippen molar-refractivity contribution in [2.24, 2.45) is 0 Å². The fourth-order valence-electron chi connectivity index (χ4n) is 6.24. The van der Waals surface area contributed by atoms with E-state index in [0.717, 1.165) is 56.5 Å². The molecule has 3 atom stereocenters. The third-order valence-electron chi connectivity index (χ3n) is 8.04. The molecule has 4 fully saturated rings. The van der Waals surface area contributed by atoms with Crippen LogP contribution in [-0.2, 0) is 25.6 Å². The number of likely N-dealkylation sites (tertiary alicyclic amines) is 1. The number of benzene rings is 1. The molecule has 4 heterocycles. The van der Waals surface area contributed by atoms with Crippen LogP contribution in [0.2, 0.25) is 0 Å². The van der Waals surface area contributed by atoms with Gasteiger partial charge in [-0.05, 0) is 49.4 Å². The molecule has 1 spiro atoms. The molecule has 5 aliphatic rings. The fraction of sp³-hybridized carbons (Fsp3) is 0.640. The molecule has 1 unspecified atom stereocenters. The molecule has 3 amide bonds. The Kier molecular flexibility index (Phi) is 5.58. The number of nitrogens with one attached hydrogen (secondary N) is 1. The standard InChI is InChI=1S/C25H31N3O6/c29-22-7-6-20(23(30)26-22)28-15-16-14-17(4-5-18(16)24(28)31)34-21-3-1-2-19(21)27-10-8-25(9-11-27)32-12-13-33-25/h4-5,14,19-21H,1-3,6-13,15H2,(H,26,29,30)/t19-,20?,21+/m1/s1. The van der Waals surface area contributed by atoms with Crippen LogP contribution < -0.4 is 10.1 Å². The highest BCUT2D eigenvalue weighted by atomic mass is 16.7. The monoisotopic (exact) mass is 469 g/mol. The third-order valence-corrected chi connectivity index (χ3v) is 8.04. The van der Waals surface area contributed by atoms with Crippen LogP contribution in [0.25, 0.3) is 0 Å². The van der Waals surface area contributed by atoms with Gasteiger partial charge in [-0.1, -0.05) is 0 Å². The van der Waals surface area contributed by atoms with E-state index in [0.29, 0.717) is 37.8 Å². The number of amides is 3. The Labute approximate surface area is 198 Å². The molecule has 9 nitrogen and oxygen atoms in total. The molecule has 1 N–H and O–H groups in total. The van der Waals surface area contributed by atoms with Crippen molar-refractivity contribution in [2.75, 3.05) is 26.3 Å². The Hall–Kier alpha value is -2.49. The molecular formula is C25H31N3O6. The van der Waals surface area contributed by atoms with E-state index in [2.05, 4.69) is 10.2 Å². The van der Waals surface area contributed by atoms with Crippen LogP contribution in [0.1, 0.15) is 60.9 Å². The Morgan fingerprint density at radius 2 is 1.82 bits per heavy atom. The van der Waals surface area contributed by atoms with Crippen molar-refractivity contribution >= 4 is 17.7 Å². The number of hydrogen-bond donors (Lipinski definition) is 1. The van der Waals surface area contributed by atoms with Crippen molar-refractivity contribution in [3.63, 3.8) is 0 Å². The van der Waals surface area contributed by atoms with E-state index < -0.39 is 6.04 Å². The van der Waals surface area contributed by atoms with Gasteiger partial charge in [0.25, 0.3) is 5.91 Å². The summed E-state index contributed by atoms with van der Waals surface area (Å²) in [6.07, 6.45) is 5.79. The van der Waals surface area contributed by atoms with Crippen LogP contribution in [0.4, 0.5) is 0 Å². The average molecular weight is 470 g/mol. The highest BCUT2D eigenvalue weighted by Gasteiger charge is 2.44. The van der Waals surface area contributed by atoms with Gasteiger partial charge in [-0.15, -0.1) is 0 Å². The Morgan fingerprint density at radius 1 is 1.03 bits per heavy atom. The predicted octanol–water partition coefficient (Wildman–Crippen LogP) is 1.59. The highest BCUT2D eigenvalue weighted by molar-refractivity contribution is 6.05. The van der Waals surface area contributed by atoms with E-state index in [1.807, 2.05) is 18.2 Å². The Morgan fingerprint density at radius 3 is 2.59 bits per heavy atom. The summed E-state index contributed by atoms with van der Waals surface area (Å²) in [5.41, 5.74) is 1.48. The molecule has 6 rings (SSSR count). The van der Waals surface area contributed by atoms with E-state index in [9.17, 15) is 14.4 Å². The topological polar surface area (TPSA) is 97.4 Å². The van der Waals surface area contributed by atoms with Crippen LogP contribution in [-0.4, -0.2) is 77.8 Å². The van der Waals surface area contributed by atoms with Gasteiger partial charge < -0.3 is 19.1 Å². The van der Waals surface area contributed by atoms with Crippen LogP contribution in [0.3, 0.4) is 0 Å². The summed E-state index contributed by atoms with van der Waals surface area (Å²) >= 11 is 0. The van der Waals surface area contributed by atoms with Crippen LogP contribution in [0, 0.1) is 0 Å². The normalized spacial score (nSPS) is 31.2. The molecule has 0 radical (unpaired) electrons. The Balaban J connectivity index is 1.11. The van der Waals surface area contributed by atoms with E-state index in [-0.39, 0.29) is 36.0 Å². The summed E-state index contributed by atoms with van der Waals surface area (Å²) in [5, 5.41) is 2.35. The number of ether oxygens (including phenoxy) is 3. The lowest BCUT2D eigenvalue weighted by Gasteiger charge is -2.41. The van der Waals surface area contributed by atoms with Crippen molar-refractivity contribution in [3.8, 4) is 5.75 Å². The summed E-state index contributed by atoms with van der Waals surface area (Å²) in [4.78, 5) is 40.8. The number of fused-ring (bicyclic) bond motifs is 1. The maximum Gasteiger partial charge on any atom is 0.255 e. The maximum absolute atomic E-state index is 12.9. The minimum absolute atomic E-state index is 0.112. The van der Waals surface area contributed by atoms with E-state index >= 15 is 0 Å². The number of hydrogen-bond acceptors (Lipinski definition) is 7. The lowest BCUT2D eigenvalue weighted by Crippen LogP contribution is -2.52. The average Bonchev–Trinajstić information content (AvgIpc) is 3.55. The number of carbonyl (C=O) groups excluding carboxylic acids is 3. The van der Waals surface area contributed by atoms with Gasteiger partial charge in [0.05, 0.1) is 13.2 Å². The molecule has 182 valence electrons. The van der Waals surface area contributed by atoms with Crippen molar-refractivity contribution in [3.05, 3.63) is 29.3 Å². The van der Waals surface area contributed by atoms with E-state index in [1.54, 1.807) is 4.90 Å². The van der Waals surface area contributed by atoms with E-state index in [4.69, 9.17) is 14.2 Å². The zero-order valence-electron chi connectivity index (χ0n) is 19.3. The molecule has 4 aliphatic heterocycles. The van der Waals surface area contributed by atoms with Crippen molar-refractivity contribution in [2.45, 2.75) is 75.5 Å². The first-order chi connectivity index (χ1) is 16.5. The van der Waals surface area contributed by atoms with Gasteiger partial charge in [-0.2, -0.15) is 0 Å². The first-order valence-corrected chi connectivity index (χ1v) is 12.5. The van der Waals surface area contributed by atoms with Crippen LogP contribution >= 0.6 is 0 Å². The molecular weight excluding hydrogens is 438 g/mol. The van der Waals surface area contributed by atoms with Gasteiger partial charge in [0, 0.05) is 50.5 Å². The van der Waals surface area contributed by atoms with Gasteiger partial charge in [-0.3, -0.25) is 24.6 Å². The number of imide groups is 1. The molecule has 0 aromatic heterocycles. The summed E-state index contributed by atoms with van der Waals surface area (Å²) < 4.78 is 18.2. The van der Waals surface area contributed by atoms with Gasteiger partial charge >= 0.3 is 0 Å². The molecule has 1 aromatic carbocycles. The fourth-order valence-corrected chi connectivity index (χ4v) is 6.24. The number of rotatable bonds is 4. The maximum atomic E-state index is 12.9. The number of nitrogens with zero attached hydrogens (tertiary/aromatic N) is 2. The minimum Gasteiger partial charge on any atom is -0.489 e. The largest absolute Gasteiger partial charge is 0.489 e. The zero-order valence-corrected chi connectivity index (χ0v) is 19.3. The van der Waals surface area contributed by atoms with Gasteiger partial charge in [0.1, 0.15) is 17.9 Å². The van der Waals surface area contributed by atoms with Gasteiger partial charge in [0.15, 0.2) is 5.79 Å². The van der Waals surface area contributed by atoms with Crippen LogP contribution in [0.5, 0.6) is 5.75 Å². The summed E-state index contributed by atoms with van der Waals surface area (Å²) in [7, 11) is 0. The zero-order chi connectivity index (χ0) is 23.3. The molecule has 34 heavy (non-hydrogen) atoms. The van der Waals surface area contributed by atoms with Gasteiger partial charge in [-0.25, -0.2) is 0 Å². The first kappa shape index (κ1) is 22.0. The molecule has 3 saturated heterocycles. The smallest absolute Gasteiger partial charge is 0.255 e. The van der Waals surface area contributed by atoms with Crippen molar-refractivity contribution in [1.29, 1.82) is 0 Å². The quantitative estimate of drug-likeness (QED) is 0.669. The second-order valence-electron chi connectivity index (χ2n) is 10.0. The summed E-state index contributed by atoms with van der Waals surface area (Å²) in [5.74, 6) is -0.427. The highest BCUT2D eigenvalue weighted by Crippen LogP contribution is 2.37. The van der Waals surface area contributed by atoms with E-state index in [1.165, 1.54) is 0 Å². The summed E-state index contributed by atoms with van der Waals surface area (Å²) in [6, 6.07) is 5.39. The Bertz CT molecular complexity index is 996. The first-order valence-electron chi connectivity index (χ1n) is 12.5. The third kappa shape index (κ3) is 3.89. The molecule has 1 saturated carbocycles. The number of carbonyl (C=O) groups is 3. The SMILES string of the molecule is O=C1CCC(N2Cc3cc(O[C@H]4CCC[C@H]4N4CCC5(CC4)OCCO5)ccc3C2=O)C(=O)N1. The van der Waals surface area contributed by atoms with Crippen molar-refractivity contribution < 1.29 is 28.6 Å². The van der Waals surface area contributed by atoms with Crippen molar-refractivity contribution in [1.82, 2.24) is 15.1 Å². The van der Waals surface area contributed by atoms with Gasteiger partial charge in [0.2, 0.25) is 11.8 Å². The predicted molar refractivity (Wildman–Crippen MR) is 120 cm³/mol.